The van der Waals surface area contributed by atoms with E-state index in [1.807, 2.05) is 45.0 Å². The molecule has 3 rings (SSSR count). The molecule has 0 heterocycles. The van der Waals surface area contributed by atoms with E-state index >= 15 is 0 Å². The number of hydrogen-bond acceptors (Lipinski definition) is 4. The van der Waals surface area contributed by atoms with Gasteiger partial charge in [0.15, 0.2) is 0 Å². The van der Waals surface area contributed by atoms with E-state index in [4.69, 9.17) is 11.6 Å². The predicted octanol–water partition coefficient (Wildman–Crippen LogP) is 5.10. The molecule has 0 aliphatic carbocycles. The van der Waals surface area contributed by atoms with Crippen molar-refractivity contribution in [3.05, 3.63) is 94.5 Å². The molecular formula is C29H34ClN3O4S. The van der Waals surface area contributed by atoms with Crippen molar-refractivity contribution in [3.8, 4) is 0 Å². The first-order valence-corrected chi connectivity index (χ1v) is 14.3. The Bertz CT molecular complexity index is 1380. The highest BCUT2D eigenvalue weighted by Gasteiger charge is 2.32. The third-order valence-corrected chi connectivity index (χ3v) is 8.57. The van der Waals surface area contributed by atoms with Gasteiger partial charge in [0.1, 0.15) is 12.6 Å². The highest BCUT2D eigenvalue weighted by atomic mass is 35.5. The number of rotatable bonds is 11. The van der Waals surface area contributed by atoms with Crippen LogP contribution in [0.1, 0.15) is 37.0 Å². The van der Waals surface area contributed by atoms with Crippen molar-refractivity contribution in [2.75, 3.05) is 17.4 Å². The van der Waals surface area contributed by atoms with Crippen LogP contribution in [0.2, 0.25) is 5.02 Å². The molecule has 2 amide bonds. The molecule has 0 saturated carbocycles. The van der Waals surface area contributed by atoms with Gasteiger partial charge in [0.25, 0.3) is 10.0 Å². The van der Waals surface area contributed by atoms with Gasteiger partial charge in [0, 0.05) is 18.1 Å². The fourth-order valence-electron chi connectivity index (χ4n) is 3.93. The van der Waals surface area contributed by atoms with E-state index in [0.717, 1.165) is 27.4 Å². The molecule has 38 heavy (non-hydrogen) atoms. The number of halogens is 1. The molecule has 7 nitrogen and oxygen atoms in total. The van der Waals surface area contributed by atoms with Gasteiger partial charge in [0.2, 0.25) is 11.8 Å². The van der Waals surface area contributed by atoms with Crippen molar-refractivity contribution in [2.45, 2.75) is 51.6 Å². The van der Waals surface area contributed by atoms with Crippen molar-refractivity contribution >= 4 is 39.1 Å². The number of carbonyl (C=O) groups is 2. The van der Waals surface area contributed by atoms with Gasteiger partial charge in [-0.25, -0.2) is 8.42 Å². The van der Waals surface area contributed by atoms with E-state index in [9.17, 15) is 18.0 Å². The van der Waals surface area contributed by atoms with E-state index in [-0.39, 0.29) is 23.0 Å². The number of benzene rings is 3. The van der Waals surface area contributed by atoms with Crippen LogP contribution in [0.4, 0.5) is 5.69 Å². The Morgan fingerprint density at radius 3 is 2.24 bits per heavy atom. The monoisotopic (exact) mass is 555 g/mol. The zero-order chi connectivity index (χ0) is 27.9. The van der Waals surface area contributed by atoms with Crippen LogP contribution in [-0.4, -0.2) is 44.3 Å². The van der Waals surface area contributed by atoms with Crippen molar-refractivity contribution < 1.29 is 18.0 Å². The van der Waals surface area contributed by atoms with Gasteiger partial charge in [0.05, 0.1) is 10.6 Å². The second kappa shape index (κ2) is 12.9. The summed E-state index contributed by atoms with van der Waals surface area (Å²) in [6.45, 7) is 7.47. The SMILES string of the molecule is CCCNC(=O)C(C)N(Cc1ccccc1C)C(=O)CN(c1ccc(C)c(Cl)c1)S(=O)(=O)c1ccccc1. The Kier molecular flexibility index (Phi) is 9.94. The Hall–Kier alpha value is -3.36. The summed E-state index contributed by atoms with van der Waals surface area (Å²) in [7, 11) is -4.13. The van der Waals surface area contributed by atoms with E-state index in [0.29, 0.717) is 11.6 Å². The van der Waals surface area contributed by atoms with Crippen LogP contribution < -0.4 is 9.62 Å². The molecule has 202 valence electrons. The Morgan fingerprint density at radius 2 is 1.61 bits per heavy atom. The second-order valence-electron chi connectivity index (χ2n) is 9.17. The number of hydrogen-bond donors (Lipinski definition) is 1. The molecule has 0 aromatic heterocycles. The Morgan fingerprint density at radius 1 is 0.947 bits per heavy atom. The third-order valence-electron chi connectivity index (χ3n) is 6.37. The molecule has 0 radical (unpaired) electrons. The predicted molar refractivity (Wildman–Crippen MR) is 152 cm³/mol. The molecule has 3 aromatic rings. The maximum atomic E-state index is 13.9. The molecule has 0 spiro atoms. The standard InChI is InChI=1S/C29H34ClN3O4S/c1-5-17-31-29(35)23(4)32(19-24-12-10-9-11-21(24)2)28(34)20-33(25-16-15-22(3)27(30)18-25)38(36,37)26-13-7-6-8-14-26/h6-16,18,23H,5,17,19-20H2,1-4H3,(H,31,35). The summed E-state index contributed by atoms with van der Waals surface area (Å²) in [6, 6.07) is 19.6. The van der Waals surface area contributed by atoms with Gasteiger partial charge in [-0.1, -0.05) is 67.1 Å². The van der Waals surface area contributed by atoms with Gasteiger partial charge in [-0.15, -0.1) is 0 Å². The summed E-state index contributed by atoms with van der Waals surface area (Å²) in [4.78, 5) is 28.3. The number of carbonyl (C=O) groups excluding carboxylic acids is 2. The number of anilines is 1. The van der Waals surface area contributed by atoms with Gasteiger partial charge in [-0.2, -0.15) is 0 Å². The zero-order valence-electron chi connectivity index (χ0n) is 22.1. The van der Waals surface area contributed by atoms with Crippen LogP contribution in [0.3, 0.4) is 0 Å². The maximum absolute atomic E-state index is 13.9. The van der Waals surface area contributed by atoms with Crippen LogP contribution in [0.25, 0.3) is 0 Å². The van der Waals surface area contributed by atoms with E-state index in [1.165, 1.54) is 23.1 Å². The largest absolute Gasteiger partial charge is 0.354 e. The van der Waals surface area contributed by atoms with E-state index in [2.05, 4.69) is 5.32 Å². The molecule has 3 aromatic carbocycles. The summed E-state index contributed by atoms with van der Waals surface area (Å²) in [5.74, 6) is -0.812. The van der Waals surface area contributed by atoms with Crippen LogP contribution in [0.5, 0.6) is 0 Å². The molecule has 9 heteroatoms. The summed E-state index contributed by atoms with van der Waals surface area (Å²) < 4.78 is 28.6. The topological polar surface area (TPSA) is 86.8 Å². The Labute approximate surface area is 230 Å². The molecule has 0 aliphatic rings. The van der Waals surface area contributed by atoms with Gasteiger partial charge < -0.3 is 10.2 Å². The maximum Gasteiger partial charge on any atom is 0.264 e. The lowest BCUT2D eigenvalue weighted by Gasteiger charge is -2.32. The van der Waals surface area contributed by atoms with E-state index < -0.39 is 28.5 Å². The summed E-state index contributed by atoms with van der Waals surface area (Å²) in [5.41, 5.74) is 2.87. The highest BCUT2D eigenvalue weighted by molar-refractivity contribution is 7.92. The summed E-state index contributed by atoms with van der Waals surface area (Å²) >= 11 is 6.35. The molecule has 0 aliphatic heterocycles. The molecule has 0 saturated heterocycles. The molecule has 0 bridgehead atoms. The van der Waals surface area contributed by atoms with Crippen LogP contribution in [-0.2, 0) is 26.2 Å². The molecule has 0 fully saturated rings. The minimum atomic E-state index is -4.13. The van der Waals surface area contributed by atoms with Crippen molar-refractivity contribution in [1.82, 2.24) is 10.2 Å². The minimum Gasteiger partial charge on any atom is -0.354 e. The molecule has 1 N–H and O–H groups in total. The van der Waals surface area contributed by atoms with Gasteiger partial charge >= 0.3 is 0 Å². The van der Waals surface area contributed by atoms with Crippen LogP contribution in [0, 0.1) is 13.8 Å². The lowest BCUT2D eigenvalue weighted by molar-refractivity contribution is -0.139. The normalized spacial score (nSPS) is 12.0. The highest BCUT2D eigenvalue weighted by Crippen LogP contribution is 2.28. The quantitative estimate of drug-likeness (QED) is 0.357. The molecular weight excluding hydrogens is 522 g/mol. The van der Waals surface area contributed by atoms with Crippen LogP contribution in [0.15, 0.2) is 77.7 Å². The lowest BCUT2D eigenvalue weighted by Crippen LogP contribution is -2.51. The molecule has 1 atom stereocenters. The second-order valence-corrected chi connectivity index (χ2v) is 11.4. The van der Waals surface area contributed by atoms with Crippen molar-refractivity contribution in [1.29, 1.82) is 0 Å². The first-order valence-electron chi connectivity index (χ1n) is 12.5. The number of amides is 2. The van der Waals surface area contributed by atoms with Gasteiger partial charge in [-0.3, -0.25) is 13.9 Å². The van der Waals surface area contributed by atoms with Crippen molar-refractivity contribution in [3.63, 3.8) is 0 Å². The zero-order valence-corrected chi connectivity index (χ0v) is 23.7. The number of aryl methyl sites for hydroxylation is 2. The van der Waals surface area contributed by atoms with E-state index in [1.54, 1.807) is 37.3 Å². The van der Waals surface area contributed by atoms with Gasteiger partial charge in [-0.05, 0) is 68.1 Å². The Balaban J connectivity index is 2.04. The average Bonchev–Trinajstić information content (AvgIpc) is 2.91. The number of nitrogens with zero attached hydrogens (tertiary/aromatic N) is 2. The summed E-state index contributed by atoms with van der Waals surface area (Å²) in [5, 5.41) is 3.22. The number of sulfonamides is 1. The summed E-state index contributed by atoms with van der Waals surface area (Å²) in [6.07, 6.45) is 0.751. The van der Waals surface area contributed by atoms with Crippen molar-refractivity contribution in [2.24, 2.45) is 0 Å². The lowest BCUT2D eigenvalue weighted by atomic mass is 10.1. The molecule has 1 unspecified atom stereocenters. The minimum absolute atomic E-state index is 0.0451. The van der Waals surface area contributed by atoms with Crippen LogP contribution >= 0.6 is 11.6 Å². The fourth-order valence-corrected chi connectivity index (χ4v) is 5.54. The first kappa shape index (κ1) is 29.2. The smallest absolute Gasteiger partial charge is 0.264 e. The average molecular weight is 556 g/mol. The third kappa shape index (κ3) is 6.94. The number of nitrogens with one attached hydrogen (secondary N) is 1. The first-order chi connectivity index (χ1) is 18.1. The fraction of sp³-hybridized carbons (Fsp3) is 0.310.